The molecule has 1 saturated heterocycles. The van der Waals surface area contributed by atoms with Crippen molar-refractivity contribution in [2.45, 2.75) is 43.5 Å². The SMILES string of the molecule is CSC1(CNC(=O)N[C@@H]2CCN(Cc3ccccn3)C[C@@H]2C)CC1. The lowest BCUT2D eigenvalue weighted by Gasteiger charge is -2.37. The van der Waals surface area contributed by atoms with Crippen molar-refractivity contribution in [3.63, 3.8) is 0 Å². The predicted octanol–water partition coefficient (Wildman–Crippen LogP) is 2.49. The van der Waals surface area contributed by atoms with Gasteiger partial charge in [0.05, 0.1) is 5.69 Å². The van der Waals surface area contributed by atoms with Crippen LogP contribution in [-0.2, 0) is 6.54 Å². The number of thioether (sulfide) groups is 1. The molecule has 0 aromatic carbocycles. The Morgan fingerprint density at radius 1 is 1.46 bits per heavy atom. The topological polar surface area (TPSA) is 57.3 Å². The van der Waals surface area contributed by atoms with E-state index in [0.29, 0.717) is 10.7 Å². The highest BCUT2D eigenvalue weighted by Crippen LogP contribution is 2.46. The van der Waals surface area contributed by atoms with Crippen molar-refractivity contribution in [3.8, 4) is 0 Å². The number of amides is 2. The zero-order valence-electron chi connectivity index (χ0n) is 14.6. The van der Waals surface area contributed by atoms with Gasteiger partial charge in [-0.05, 0) is 43.6 Å². The van der Waals surface area contributed by atoms with Crippen LogP contribution in [-0.4, -0.2) is 52.6 Å². The Morgan fingerprint density at radius 2 is 2.29 bits per heavy atom. The highest BCUT2D eigenvalue weighted by atomic mass is 32.2. The van der Waals surface area contributed by atoms with Crippen LogP contribution in [0.25, 0.3) is 0 Å². The molecule has 2 amide bonds. The van der Waals surface area contributed by atoms with Gasteiger partial charge in [-0.1, -0.05) is 13.0 Å². The predicted molar refractivity (Wildman–Crippen MR) is 99.1 cm³/mol. The summed E-state index contributed by atoms with van der Waals surface area (Å²) in [7, 11) is 0. The van der Waals surface area contributed by atoms with E-state index in [1.54, 1.807) is 0 Å². The molecule has 1 saturated carbocycles. The minimum absolute atomic E-state index is 0.00893. The van der Waals surface area contributed by atoms with Gasteiger partial charge in [0.15, 0.2) is 0 Å². The molecule has 132 valence electrons. The molecule has 5 nitrogen and oxygen atoms in total. The Balaban J connectivity index is 1.41. The number of piperidine rings is 1. The molecule has 0 unspecified atom stereocenters. The lowest BCUT2D eigenvalue weighted by molar-refractivity contribution is 0.141. The molecular weight excluding hydrogens is 320 g/mol. The lowest BCUT2D eigenvalue weighted by atomic mass is 9.94. The fourth-order valence-electron chi connectivity index (χ4n) is 3.36. The maximum Gasteiger partial charge on any atom is 0.315 e. The van der Waals surface area contributed by atoms with Gasteiger partial charge in [0.25, 0.3) is 0 Å². The van der Waals surface area contributed by atoms with E-state index in [2.05, 4.69) is 39.8 Å². The summed E-state index contributed by atoms with van der Waals surface area (Å²) in [5.41, 5.74) is 1.11. The Morgan fingerprint density at radius 3 is 2.92 bits per heavy atom. The summed E-state index contributed by atoms with van der Waals surface area (Å²) < 4.78 is 0.314. The zero-order chi connectivity index (χ0) is 17.0. The second-order valence-electron chi connectivity index (χ2n) is 7.14. The molecule has 2 fully saturated rings. The number of carbonyl (C=O) groups excluding carboxylic acids is 1. The number of carbonyl (C=O) groups is 1. The molecule has 6 heteroatoms. The summed E-state index contributed by atoms with van der Waals surface area (Å²) in [4.78, 5) is 19.0. The number of hydrogen-bond acceptors (Lipinski definition) is 4. The Bertz CT molecular complexity index is 549. The fourth-order valence-corrected chi connectivity index (χ4v) is 4.09. The number of pyridine rings is 1. The average Bonchev–Trinajstić information content (AvgIpc) is 3.37. The fraction of sp³-hybridized carbons (Fsp3) is 0.667. The second-order valence-corrected chi connectivity index (χ2v) is 8.42. The van der Waals surface area contributed by atoms with Crippen molar-refractivity contribution < 1.29 is 4.79 Å². The van der Waals surface area contributed by atoms with Gasteiger partial charge in [0, 0.05) is 43.2 Å². The van der Waals surface area contributed by atoms with Crippen LogP contribution in [0.15, 0.2) is 24.4 Å². The maximum absolute atomic E-state index is 12.2. The third-order valence-electron chi connectivity index (χ3n) is 5.23. The minimum atomic E-state index is -0.00893. The smallest absolute Gasteiger partial charge is 0.315 e. The highest BCUT2D eigenvalue weighted by Gasteiger charge is 2.42. The van der Waals surface area contributed by atoms with Crippen molar-refractivity contribution >= 4 is 17.8 Å². The first-order chi connectivity index (χ1) is 11.6. The van der Waals surface area contributed by atoms with Gasteiger partial charge in [-0.3, -0.25) is 9.88 Å². The Labute approximate surface area is 149 Å². The summed E-state index contributed by atoms with van der Waals surface area (Å²) in [6, 6.07) is 6.30. The summed E-state index contributed by atoms with van der Waals surface area (Å²) in [5.74, 6) is 0.448. The summed E-state index contributed by atoms with van der Waals surface area (Å²) in [5, 5.41) is 6.24. The van der Waals surface area contributed by atoms with Gasteiger partial charge in [0.2, 0.25) is 0 Å². The molecule has 1 aromatic rings. The van der Waals surface area contributed by atoms with Crippen LogP contribution in [0.1, 0.15) is 31.9 Å². The van der Waals surface area contributed by atoms with Crippen molar-refractivity contribution in [2.75, 3.05) is 25.9 Å². The standard InChI is InChI=1S/C18H28N4OS/c1-14-11-22(12-15-5-3-4-9-19-15)10-6-16(14)21-17(23)20-13-18(24-2)7-8-18/h3-5,9,14,16H,6-8,10-13H2,1-2H3,(H2,20,21,23)/t14-,16+/m0/s1. The molecule has 2 heterocycles. The van der Waals surface area contributed by atoms with E-state index >= 15 is 0 Å². The quantitative estimate of drug-likeness (QED) is 0.829. The van der Waals surface area contributed by atoms with Gasteiger partial charge in [-0.25, -0.2) is 4.79 Å². The van der Waals surface area contributed by atoms with Crippen LogP contribution in [0.4, 0.5) is 4.79 Å². The largest absolute Gasteiger partial charge is 0.337 e. The Hall–Kier alpha value is -1.27. The van der Waals surface area contributed by atoms with E-state index < -0.39 is 0 Å². The molecule has 0 radical (unpaired) electrons. The van der Waals surface area contributed by atoms with Crippen LogP contribution in [0.2, 0.25) is 0 Å². The molecule has 2 atom stereocenters. The number of urea groups is 1. The van der Waals surface area contributed by atoms with Crippen LogP contribution < -0.4 is 10.6 Å². The molecule has 0 bridgehead atoms. The van der Waals surface area contributed by atoms with Gasteiger partial charge < -0.3 is 10.6 Å². The molecule has 24 heavy (non-hydrogen) atoms. The van der Waals surface area contributed by atoms with E-state index in [-0.39, 0.29) is 12.1 Å². The molecule has 2 aliphatic rings. The molecule has 3 rings (SSSR count). The normalized spacial score (nSPS) is 25.9. The Kier molecular flexibility index (Phi) is 5.66. The average molecular weight is 349 g/mol. The monoisotopic (exact) mass is 348 g/mol. The van der Waals surface area contributed by atoms with E-state index in [4.69, 9.17) is 0 Å². The van der Waals surface area contributed by atoms with Crippen LogP contribution in [0.3, 0.4) is 0 Å². The summed E-state index contributed by atoms with van der Waals surface area (Å²) in [6.07, 6.45) is 7.41. The van der Waals surface area contributed by atoms with Gasteiger partial charge >= 0.3 is 6.03 Å². The molecule has 1 aliphatic carbocycles. The van der Waals surface area contributed by atoms with Gasteiger partial charge in [-0.2, -0.15) is 11.8 Å². The number of rotatable bonds is 6. The molecule has 0 spiro atoms. The van der Waals surface area contributed by atoms with Crippen molar-refractivity contribution in [3.05, 3.63) is 30.1 Å². The summed E-state index contributed by atoms with van der Waals surface area (Å²) in [6.45, 7) is 5.89. The number of likely N-dealkylation sites (tertiary alicyclic amines) is 1. The van der Waals surface area contributed by atoms with Crippen molar-refractivity contribution in [1.29, 1.82) is 0 Å². The zero-order valence-corrected chi connectivity index (χ0v) is 15.4. The number of nitrogens with zero attached hydrogens (tertiary/aromatic N) is 2. The molecule has 1 aromatic heterocycles. The number of nitrogens with one attached hydrogen (secondary N) is 2. The van der Waals surface area contributed by atoms with E-state index in [1.165, 1.54) is 12.8 Å². The van der Waals surface area contributed by atoms with Crippen LogP contribution >= 0.6 is 11.8 Å². The maximum atomic E-state index is 12.2. The highest BCUT2D eigenvalue weighted by molar-refractivity contribution is 8.00. The van der Waals surface area contributed by atoms with Crippen molar-refractivity contribution in [2.24, 2.45) is 5.92 Å². The lowest BCUT2D eigenvalue weighted by Crippen LogP contribution is -2.52. The number of hydrogen-bond donors (Lipinski definition) is 2. The van der Waals surface area contributed by atoms with E-state index in [0.717, 1.165) is 38.3 Å². The van der Waals surface area contributed by atoms with Gasteiger partial charge in [0.1, 0.15) is 0 Å². The van der Waals surface area contributed by atoms with E-state index in [1.807, 2.05) is 30.1 Å². The first-order valence-electron chi connectivity index (χ1n) is 8.82. The first kappa shape index (κ1) is 17.5. The second kappa shape index (κ2) is 7.74. The summed E-state index contributed by atoms with van der Waals surface area (Å²) >= 11 is 1.87. The molecular formula is C18H28N4OS. The number of aromatic nitrogens is 1. The molecule has 2 N–H and O–H groups in total. The minimum Gasteiger partial charge on any atom is -0.337 e. The first-order valence-corrected chi connectivity index (χ1v) is 10.0. The van der Waals surface area contributed by atoms with Crippen LogP contribution in [0, 0.1) is 5.92 Å². The van der Waals surface area contributed by atoms with Crippen molar-refractivity contribution in [1.82, 2.24) is 20.5 Å². The third-order valence-corrected chi connectivity index (χ3v) is 6.65. The van der Waals surface area contributed by atoms with Crippen LogP contribution in [0.5, 0.6) is 0 Å². The van der Waals surface area contributed by atoms with E-state index in [9.17, 15) is 4.79 Å². The molecule has 1 aliphatic heterocycles. The third kappa shape index (κ3) is 4.63. The van der Waals surface area contributed by atoms with Gasteiger partial charge in [-0.15, -0.1) is 0 Å².